The summed E-state index contributed by atoms with van der Waals surface area (Å²) in [5.74, 6) is 5.45. The van der Waals surface area contributed by atoms with Crippen LogP contribution in [0.2, 0.25) is 5.15 Å². The lowest BCUT2D eigenvalue weighted by Crippen LogP contribution is -1.96. The Morgan fingerprint density at radius 1 is 1.64 bits per heavy atom. The summed E-state index contributed by atoms with van der Waals surface area (Å²) in [5, 5.41) is 10.5. The number of nitrogens with two attached hydrogens (primary N) is 1. The van der Waals surface area contributed by atoms with Crippen LogP contribution in [0.5, 0.6) is 0 Å². The minimum atomic E-state index is 0.0792. The zero-order valence-corrected chi connectivity index (χ0v) is 7.73. The van der Waals surface area contributed by atoms with Gasteiger partial charge in [-0.2, -0.15) is 0 Å². The molecule has 0 aliphatic carbocycles. The van der Waals surface area contributed by atoms with E-state index in [4.69, 9.17) is 22.9 Å². The first kappa shape index (κ1) is 10.1. The number of anilines is 1. The Morgan fingerprint density at radius 3 is 3.14 bits per heavy atom. The number of halogens is 1. The van der Waals surface area contributed by atoms with Gasteiger partial charge in [0.25, 0.3) is 0 Å². The minimum Gasteiger partial charge on any atom is -0.381 e. The molecule has 0 fully saturated rings. The molecule has 0 radical (unpaired) electrons. The van der Waals surface area contributed by atoms with E-state index in [0.29, 0.717) is 5.56 Å². The zero-order chi connectivity index (χ0) is 10.4. The molecule has 1 aromatic rings. The van der Waals surface area contributed by atoms with E-state index in [0.717, 1.165) is 0 Å². The highest BCUT2D eigenvalue weighted by molar-refractivity contribution is 6.29. The lowest BCUT2D eigenvalue weighted by atomic mass is 10.3. The van der Waals surface area contributed by atoms with Crippen LogP contribution >= 0.6 is 11.6 Å². The maximum Gasteiger partial charge on any atom is 0.162 e. The normalized spacial score (nSPS) is 8.36. The largest absolute Gasteiger partial charge is 0.381 e. The quantitative estimate of drug-likeness (QED) is 0.326. The molecule has 1 heterocycles. The van der Waals surface area contributed by atoms with Crippen LogP contribution in [0.3, 0.4) is 0 Å². The van der Waals surface area contributed by atoms with Crippen molar-refractivity contribution >= 4 is 17.4 Å². The lowest BCUT2D eigenvalue weighted by Gasteiger charge is -1.94. The van der Waals surface area contributed by atoms with Crippen LogP contribution in [0, 0.1) is 11.8 Å². The second kappa shape index (κ2) is 4.92. The summed E-state index contributed by atoms with van der Waals surface area (Å²) < 4.78 is 0. The first-order valence-corrected chi connectivity index (χ1v) is 3.90. The summed E-state index contributed by atoms with van der Waals surface area (Å²) in [6, 6.07) is 1.49. The first-order valence-electron chi connectivity index (χ1n) is 3.52. The van der Waals surface area contributed by atoms with E-state index in [9.17, 15) is 0 Å². The zero-order valence-electron chi connectivity index (χ0n) is 6.98. The smallest absolute Gasteiger partial charge is 0.162 e. The molecule has 2 N–H and O–H groups in total. The molecule has 6 nitrogen and oxygen atoms in total. The van der Waals surface area contributed by atoms with E-state index in [-0.39, 0.29) is 17.5 Å². The van der Waals surface area contributed by atoms with Gasteiger partial charge in [0.15, 0.2) is 11.0 Å². The van der Waals surface area contributed by atoms with E-state index in [1.807, 2.05) is 0 Å². The average molecular weight is 209 g/mol. The van der Waals surface area contributed by atoms with Crippen molar-refractivity contribution < 1.29 is 0 Å². The fraction of sp³-hybridized carbons (Fsp3) is 0.143. The number of hydrogen-bond acceptors (Lipinski definition) is 4. The van der Waals surface area contributed by atoms with E-state index < -0.39 is 0 Å². The molecule has 0 atom stereocenters. The Labute approximate surface area is 84.7 Å². The molecule has 0 aliphatic rings. The predicted octanol–water partition coefficient (Wildman–Crippen LogP) is 1.37. The monoisotopic (exact) mass is 208 g/mol. The van der Waals surface area contributed by atoms with Crippen molar-refractivity contribution in [2.45, 2.75) is 0 Å². The average Bonchev–Trinajstić information content (AvgIpc) is 2.18. The second-order valence-electron chi connectivity index (χ2n) is 2.16. The summed E-state index contributed by atoms with van der Waals surface area (Å²) in [7, 11) is 0. The molecule has 1 aromatic heterocycles. The number of hydrogen-bond donors (Lipinski definition) is 1. The van der Waals surface area contributed by atoms with Gasteiger partial charge in [0.1, 0.15) is 0 Å². The van der Waals surface area contributed by atoms with Crippen molar-refractivity contribution in [3.8, 4) is 11.8 Å². The summed E-state index contributed by atoms with van der Waals surface area (Å²) in [6.45, 7) is 0.0792. The van der Waals surface area contributed by atoms with Crippen LogP contribution < -0.4 is 5.73 Å². The molecule has 0 saturated heterocycles. The van der Waals surface area contributed by atoms with Crippen LogP contribution in [-0.2, 0) is 0 Å². The van der Waals surface area contributed by atoms with Gasteiger partial charge in [0.2, 0.25) is 0 Å². The standard InChI is InChI=1S/C7H5ClN6/c8-6-4-5(7(9)13-12-6)2-1-3-11-14-10/h4H,3H2,(H2,9,13). The van der Waals surface area contributed by atoms with Crippen LogP contribution in [0.1, 0.15) is 5.56 Å². The van der Waals surface area contributed by atoms with E-state index in [1.54, 1.807) is 0 Å². The van der Waals surface area contributed by atoms with Gasteiger partial charge in [-0.3, -0.25) is 0 Å². The Kier molecular flexibility index (Phi) is 3.56. The molecule has 7 heteroatoms. The molecule has 0 saturated carbocycles. The van der Waals surface area contributed by atoms with Crippen LogP contribution in [0.15, 0.2) is 11.2 Å². The van der Waals surface area contributed by atoms with Crippen molar-refractivity contribution in [2.24, 2.45) is 5.11 Å². The topological polar surface area (TPSA) is 101 Å². The third-order valence-electron chi connectivity index (χ3n) is 1.23. The van der Waals surface area contributed by atoms with Gasteiger partial charge in [-0.15, -0.1) is 10.2 Å². The third-order valence-corrected chi connectivity index (χ3v) is 1.41. The Balaban J connectivity index is 2.88. The highest BCUT2D eigenvalue weighted by atomic mass is 35.5. The van der Waals surface area contributed by atoms with Gasteiger partial charge >= 0.3 is 0 Å². The Hall–Kier alpha value is -1.96. The van der Waals surface area contributed by atoms with E-state index in [2.05, 4.69) is 32.1 Å². The molecule has 0 aliphatic heterocycles. The SMILES string of the molecule is [N-]=[N+]=NCC#Cc1cc(Cl)nnc1N. The minimum absolute atomic E-state index is 0.0792. The number of nitrogens with zero attached hydrogens (tertiary/aromatic N) is 5. The summed E-state index contributed by atoms with van der Waals surface area (Å²) in [6.07, 6.45) is 0. The maximum atomic E-state index is 7.98. The summed E-state index contributed by atoms with van der Waals surface area (Å²) in [5.41, 5.74) is 13.9. The first-order chi connectivity index (χ1) is 6.74. The fourth-order valence-electron chi connectivity index (χ4n) is 0.679. The molecule has 0 unspecified atom stereocenters. The molecule has 70 valence electrons. The number of rotatable bonds is 1. The van der Waals surface area contributed by atoms with Gasteiger partial charge in [0, 0.05) is 4.91 Å². The fourth-order valence-corrected chi connectivity index (χ4v) is 0.826. The van der Waals surface area contributed by atoms with Gasteiger partial charge in [-0.25, -0.2) is 0 Å². The third kappa shape index (κ3) is 2.83. The molecule has 0 bridgehead atoms. The van der Waals surface area contributed by atoms with E-state index in [1.165, 1.54) is 6.07 Å². The van der Waals surface area contributed by atoms with Crippen molar-refractivity contribution in [2.75, 3.05) is 12.3 Å². The molecule has 0 amide bonds. The Morgan fingerprint density at radius 2 is 2.43 bits per heavy atom. The van der Waals surface area contributed by atoms with Crippen molar-refractivity contribution in [1.82, 2.24) is 10.2 Å². The Bertz CT molecular complexity index is 439. The van der Waals surface area contributed by atoms with Gasteiger partial charge in [0.05, 0.1) is 12.1 Å². The highest BCUT2D eigenvalue weighted by Crippen LogP contribution is 2.10. The van der Waals surface area contributed by atoms with Crippen molar-refractivity contribution in [1.29, 1.82) is 0 Å². The molecule has 0 aromatic carbocycles. The summed E-state index contributed by atoms with van der Waals surface area (Å²) in [4.78, 5) is 2.54. The number of azide groups is 1. The highest BCUT2D eigenvalue weighted by Gasteiger charge is 1.98. The van der Waals surface area contributed by atoms with Crippen molar-refractivity contribution in [3.05, 3.63) is 27.2 Å². The maximum absolute atomic E-state index is 7.98. The van der Waals surface area contributed by atoms with Crippen LogP contribution in [0.25, 0.3) is 10.4 Å². The van der Waals surface area contributed by atoms with Gasteiger partial charge < -0.3 is 5.73 Å². The molecular weight excluding hydrogens is 204 g/mol. The lowest BCUT2D eigenvalue weighted by molar-refractivity contribution is 1.04. The molecule has 14 heavy (non-hydrogen) atoms. The molecule has 1 rings (SSSR count). The number of nitrogen functional groups attached to an aromatic ring is 1. The second-order valence-corrected chi connectivity index (χ2v) is 2.54. The van der Waals surface area contributed by atoms with Gasteiger partial charge in [-0.05, 0) is 11.6 Å². The molecule has 0 spiro atoms. The van der Waals surface area contributed by atoms with Crippen molar-refractivity contribution in [3.63, 3.8) is 0 Å². The number of aromatic nitrogens is 2. The van der Waals surface area contributed by atoms with Crippen LogP contribution in [-0.4, -0.2) is 16.7 Å². The van der Waals surface area contributed by atoms with Gasteiger partial charge in [-0.1, -0.05) is 28.6 Å². The predicted molar refractivity (Wildman–Crippen MR) is 52.3 cm³/mol. The van der Waals surface area contributed by atoms with Crippen LogP contribution in [0.4, 0.5) is 5.82 Å². The summed E-state index contributed by atoms with van der Waals surface area (Å²) >= 11 is 5.58. The van der Waals surface area contributed by atoms with E-state index >= 15 is 0 Å². The molecular formula is C7H5ClN6.